The van der Waals surface area contributed by atoms with Crippen molar-refractivity contribution in [2.45, 2.75) is 25.8 Å². The second kappa shape index (κ2) is 4.81. The predicted octanol–water partition coefficient (Wildman–Crippen LogP) is 2.45. The number of thiophene rings is 1. The molecule has 0 spiro atoms. The molecule has 3 aromatic heterocycles. The van der Waals surface area contributed by atoms with Crippen molar-refractivity contribution in [2.24, 2.45) is 0 Å². The smallest absolute Gasteiger partial charge is 0.261 e. The third-order valence-corrected chi connectivity index (χ3v) is 4.86. The van der Waals surface area contributed by atoms with Gasteiger partial charge in [-0.15, -0.1) is 11.3 Å². The van der Waals surface area contributed by atoms with Crippen molar-refractivity contribution in [1.82, 2.24) is 15.3 Å². The van der Waals surface area contributed by atoms with Gasteiger partial charge in [-0.25, -0.2) is 4.98 Å². The minimum atomic E-state index is -0.254. The Labute approximate surface area is 129 Å². The highest BCUT2D eigenvalue weighted by Crippen LogP contribution is 2.29. The second-order valence-electron chi connectivity index (χ2n) is 5.38. The summed E-state index contributed by atoms with van der Waals surface area (Å²) in [6.07, 6.45) is 3.57. The van der Waals surface area contributed by atoms with Crippen LogP contribution in [0.15, 0.2) is 27.6 Å². The van der Waals surface area contributed by atoms with Crippen LogP contribution in [0.4, 0.5) is 0 Å². The molecule has 1 fully saturated rings. The maximum absolute atomic E-state index is 12.3. The molecule has 0 radical (unpaired) electrons. The third kappa shape index (κ3) is 2.14. The van der Waals surface area contributed by atoms with Gasteiger partial charge in [-0.1, -0.05) is 0 Å². The number of H-pyrrole nitrogens is 1. The first kappa shape index (κ1) is 13.3. The van der Waals surface area contributed by atoms with Crippen LogP contribution in [-0.2, 0) is 0 Å². The zero-order valence-electron chi connectivity index (χ0n) is 11.8. The van der Waals surface area contributed by atoms with E-state index in [-0.39, 0.29) is 17.5 Å². The van der Waals surface area contributed by atoms with Crippen LogP contribution in [0.25, 0.3) is 21.8 Å². The largest absolute Gasteiger partial charge is 0.461 e. The molecule has 7 heteroatoms. The van der Waals surface area contributed by atoms with E-state index in [1.165, 1.54) is 17.6 Å². The number of carbonyl (C=O) groups excluding carboxylic acids is 1. The van der Waals surface area contributed by atoms with Crippen LogP contribution in [-0.4, -0.2) is 21.9 Å². The molecule has 0 aromatic carbocycles. The van der Waals surface area contributed by atoms with Crippen molar-refractivity contribution in [1.29, 1.82) is 0 Å². The van der Waals surface area contributed by atoms with Crippen molar-refractivity contribution in [2.75, 3.05) is 0 Å². The number of carbonyl (C=O) groups is 1. The Bertz CT molecular complexity index is 920. The number of nitrogens with one attached hydrogen (secondary N) is 2. The number of amides is 1. The van der Waals surface area contributed by atoms with E-state index in [2.05, 4.69) is 15.3 Å². The molecule has 4 rings (SSSR count). The monoisotopic (exact) mass is 315 g/mol. The van der Waals surface area contributed by atoms with Crippen LogP contribution in [0, 0.1) is 6.92 Å². The van der Waals surface area contributed by atoms with Gasteiger partial charge in [0.25, 0.3) is 11.5 Å². The van der Waals surface area contributed by atoms with Gasteiger partial charge in [0.15, 0.2) is 11.6 Å². The minimum absolute atomic E-state index is 0.123. The lowest BCUT2D eigenvalue weighted by Gasteiger charge is -2.00. The van der Waals surface area contributed by atoms with E-state index in [9.17, 15) is 9.59 Å². The molecule has 1 aliphatic carbocycles. The Morgan fingerprint density at radius 2 is 2.32 bits per heavy atom. The molecule has 3 heterocycles. The van der Waals surface area contributed by atoms with Gasteiger partial charge in [0, 0.05) is 6.04 Å². The number of hydrogen-bond acceptors (Lipinski definition) is 5. The zero-order chi connectivity index (χ0) is 15.3. The molecule has 22 heavy (non-hydrogen) atoms. The van der Waals surface area contributed by atoms with Crippen LogP contribution >= 0.6 is 11.3 Å². The molecule has 112 valence electrons. The number of aromatic amines is 1. The summed E-state index contributed by atoms with van der Waals surface area (Å²) in [5, 5.41) is 3.42. The number of aryl methyl sites for hydroxylation is 1. The maximum Gasteiger partial charge on any atom is 0.261 e. The minimum Gasteiger partial charge on any atom is -0.461 e. The Morgan fingerprint density at radius 3 is 3.00 bits per heavy atom. The molecule has 2 N–H and O–H groups in total. The van der Waals surface area contributed by atoms with Gasteiger partial charge >= 0.3 is 0 Å². The van der Waals surface area contributed by atoms with Crippen molar-refractivity contribution in [3.8, 4) is 11.6 Å². The van der Waals surface area contributed by atoms with Crippen LogP contribution in [0.1, 0.15) is 28.1 Å². The van der Waals surface area contributed by atoms with E-state index in [4.69, 9.17) is 4.42 Å². The highest BCUT2D eigenvalue weighted by Gasteiger charge is 2.26. The fourth-order valence-corrected chi connectivity index (χ4v) is 3.45. The first-order valence-corrected chi connectivity index (χ1v) is 7.83. The van der Waals surface area contributed by atoms with Crippen molar-refractivity contribution < 1.29 is 9.21 Å². The molecule has 0 unspecified atom stereocenters. The molecule has 6 nitrogen and oxygen atoms in total. The molecule has 0 atom stereocenters. The summed E-state index contributed by atoms with van der Waals surface area (Å²) in [6, 6.07) is 3.74. The molecule has 0 bridgehead atoms. The summed E-state index contributed by atoms with van der Waals surface area (Å²) >= 11 is 1.24. The van der Waals surface area contributed by atoms with Crippen molar-refractivity contribution in [3.05, 3.63) is 39.2 Å². The molecule has 1 amide bonds. The van der Waals surface area contributed by atoms with Gasteiger partial charge in [-0.05, 0) is 37.5 Å². The summed E-state index contributed by atoms with van der Waals surface area (Å²) in [4.78, 5) is 32.8. The van der Waals surface area contributed by atoms with E-state index < -0.39 is 0 Å². The number of hydrogen-bond donors (Lipinski definition) is 2. The number of nitrogens with zero attached hydrogens (tertiary/aromatic N) is 1. The van der Waals surface area contributed by atoms with Gasteiger partial charge in [0.2, 0.25) is 0 Å². The fraction of sp³-hybridized carbons (Fsp3) is 0.267. The van der Waals surface area contributed by atoms with E-state index in [0.29, 0.717) is 32.2 Å². The molecular weight excluding hydrogens is 302 g/mol. The van der Waals surface area contributed by atoms with Gasteiger partial charge in [-0.3, -0.25) is 9.59 Å². The second-order valence-corrected chi connectivity index (χ2v) is 6.37. The maximum atomic E-state index is 12.3. The SMILES string of the molecule is Cc1c(C(=O)NC2CC2)sc2nc(-c3ccco3)[nH]c(=O)c12. The molecule has 0 saturated heterocycles. The predicted molar refractivity (Wildman–Crippen MR) is 83.2 cm³/mol. The first-order chi connectivity index (χ1) is 10.6. The summed E-state index contributed by atoms with van der Waals surface area (Å²) in [6.45, 7) is 1.78. The van der Waals surface area contributed by atoms with Crippen LogP contribution < -0.4 is 10.9 Å². The van der Waals surface area contributed by atoms with Gasteiger partial charge in [0.1, 0.15) is 4.83 Å². The topological polar surface area (TPSA) is 88.0 Å². The summed E-state index contributed by atoms with van der Waals surface area (Å²) in [5.74, 6) is 0.744. The van der Waals surface area contributed by atoms with Crippen LogP contribution in [0.2, 0.25) is 0 Å². The fourth-order valence-electron chi connectivity index (χ4n) is 2.37. The average molecular weight is 315 g/mol. The summed E-state index contributed by atoms with van der Waals surface area (Å²) in [7, 11) is 0. The normalized spacial score (nSPS) is 14.4. The van der Waals surface area contributed by atoms with Gasteiger partial charge < -0.3 is 14.7 Å². The Balaban J connectivity index is 1.84. The molecule has 1 saturated carbocycles. The highest BCUT2D eigenvalue weighted by atomic mass is 32.1. The number of furan rings is 1. The van der Waals surface area contributed by atoms with E-state index in [0.717, 1.165) is 12.8 Å². The van der Waals surface area contributed by atoms with Gasteiger partial charge in [-0.2, -0.15) is 0 Å². The lowest BCUT2D eigenvalue weighted by Crippen LogP contribution is -2.25. The van der Waals surface area contributed by atoms with Gasteiger partial charge in [0.05, 0.1) is 16.5 Å². The van der Waals surface area contributed by atoms with Crippen molar-refractivity contribution in [3.63, 3.8) is 0 Å². The Kier molecular flexibility index (Phi) is 2.90. The lowest BCUT2D eigenvalue weighted by atomic mass is 10.2. The third-order valence-electron chi connectivity index (χ3n) is 3.67. The quantitative estimate of drug-likeness (QED) is 0.777. The van der Waals surface area contributed by atoms with E-state index in [1.807, 2.05) is 0 Å². The van der Waals surface area contributed by atoms with Crippen molar-refractivity contribution >= 4 is 27.5 Å². The number of fused-ring (bicyclic) bond motifs is 1. The zero-order valence-corrected chi connectivity index (χ0v) is 12.6. The van der Waals surface area contributed by atoms with Crippen LogP contribution in [0.5, 0.6) is 0 Å². The molecule has 0 aliphatic heterocycles. The number of aromatic nitrogens is 2. The lowest BCUT2D eigenvalue weighted by molar-refractivity contribution is 0.0954. The highest BCUT2D eigenvalue weighted by molar-refractivity contribution is 7.20. The Hall–Kier alpha value is -2.41. The summed E-state index contributed by atoms with van der Waals surface area (Å²) < 4.78 is 5.26. The summed E-state index contributed by atoms with van der Waals surface area (Å²) in [5.41, 5.74) is 0.425. The average Bonchev–Trinajstić information content (AvgIpc) is 3.02. The molecular formula is C15H13N3O3S. The Morgan fingerprint density at radius 1 is 1.50 bits per heavy atom. The molecule has 1 aliphatic rings. The van der Waals surface area contributed by atoms with E-state index in [1.54, 1.807) is 19.1 Å². The first-order valence-electron chi connectivity index (χ1n) is 7.01. The standard InChI is InChI=1S/C15H13N3O3S/c1-7-10-13(19)17-12(9-3-2-6-21-9)18-15(10)22-11(7)14(20)16-8-4-5-8/h2-3,6,8H,4-5H2,1H3,(H,16,20)(H,17,18,19). The molecule has 3 aromatic rings. The van der Waals surface area contributed by atoms with E-state index >= 15 is 0 Å². The van der Waals surface area contributed by atoms with Crippen LogP contribution in [0.3, 0.4) is 0 Å². The number of rotatable bonds is 3.